The Balaban J connectivity index is 0.000000437. The van der Waals surface area contributed by atoms with Crippen molar-refractivity contribution in [3.63, 3.8) is 0 Å². The lowest BCUT2D eigenvalue weighted by Gasteiger charge is -2.03. The number of aromatic nitrogens is 1. The fourth-order valence-electron chi connectivity index (χ4n) is 1.16. The smallest absolute Gasteiger partial charge is 0.373 e. The summed E-state index contributed by atoms with van der Waals surface area (Å²) < 4.78 is 5.48. The molecule has 1 heterocycles. The van der Waals surface area contributed by atoms with E-state index in [0.717, 1.165) is 5.56 Å². The number of pyridine rings is 1. The minimum absolute atomic E-state index is 0.250. The summed E-state index contributed by atoms with van der Waals surface area (Å²) in [6.07, 6.45) is 1.97. The Morgan fingerprint density at radius 1 is 1.00 bits per heavy atom. The van der Waals surface area contributed by atoms with E-state index in [1.165, 1.54) is 0 Å². The van der Waals surface area contributed by atoms with Crippen molar-refractivity contribution in [1.82, 2.24) is 4.98 Å². The predicted octanol–water partition coefficient (Wildman–Crippen LogP) is 2.08. The largest absolute Gasteiger partial charge is 0.473 e. The summed E-state index contributed by atoms with van der Waals surface area (Å²) in [7, 11) is 0. The summed E-state index contributed by atoms with van der Waals surface area (Å²) in [4.78, 5) is 20.3. The zero-order valence-electron chi connectivity index (χ0n) is 9.08. The van der Waals surface area contributed by atoms with Gasteiger partial charge in [0.15, 0.2) is 0 Å². The molecule has 0 unspecified atom stereocenters. The van der Waals surface area contributed by atoms with Crippen molar-refractivity contribution < 1.29 is 14.3 Å². The lowest BCUT2D eigenvalue weighted by molar-refractivity contribution is -0.191. The minimum Gasteiger partial charge on any atom is -0.473 e. The number of benzene rings is 1. The monoisotopic (exact) mass is 229 g/mol. The average Bonchev–Trinajstić information content (AvgIpc) is 2.40. The highest BCUT2D eigenvalue weighted by atomic mass is 16.5. The fraction of sp³-hybridized carbons (Fsp3) is 0.0769. The first-order valence-electron chi connectivity index (χ1n) is 4.94. The third-order valence-electron chi connectivity index (χ3n) is 1.87. The van der Waals surface area contributed by atoms with Crippen molar-refractivity contribution >= 4 is 6.15 Å². The van der Waals surface area contributed by atoms with Crippen molar-refractivity contribution in [2.45, 2.75) is 6.61 Å². The first-order valence-corrected chi connectivity index (χ1v) is 4.94. The quantitative estimate of drug-likeness (QED) is 0.808. The lowest BCUT2D eigenvalue weighted by Crippen LogP contribution is -1.95. The molecule has 0 bridgehead atoms. The number of hydrogen-bond acceptors (Lipinski definition) is 4. The predicted molar refractivity (Wildman–Crippen MR) is 60.0 cm³/mol. The van der Waals surface area contributed by atoms with E-state index < -0.39 is 0 Å². The van der Waals surface area contributed by atoms with Gasteiger partial charge >= 0.3 is 6.15 Å². The van der Waals surface area contributed by atoms with Crippen LogP contribution < -0.4 is 4.74 Å². The highest BCUT2D eigenvalue weighted by Gasteiger charge is 1.93. The molecular weight excluding hydrogens is 218 g/mol. The second kappa shape index (κ2) is 7.79. The molecule has 4 heteroatoms. The molecule has 2 aromatic rings. The van der Waals surface area contributed by atoms with Gasteiger partial charge in [0.25, 0.3) is 0 Å². The molecule has 0 spiro atoms. The zero-order chi connectivity index (χ0) is 12.3. The Bertz CT molecular complexity index is 411. The number of ether oxygens (including phenoxy) is 1. The highest BCUT2D eigenvalue weighted by molar-refractivity contribution is 5.20. The van der Waals surface area contributed by atoms with E-state index in [1.54, 1.807) is 6.20 Å². The van der Waals surface area contributed by atoms with Crippen molar-refractivity contribution in [1.29, 1.82) is 0 Å². The van der Waals surface area contributed by atoms with Gasteiger partial charge in [0.05, 0.1) is 0 Å². The van der Waals surface area contributed by atoms with Crippen LogP contribution in [0.3, 0.4) is 0 Å². The molecule has 0 amide bonds. The maximum Gasteiger partial charge on any atom is 0.373 e. The highest BCUT2D eigenvalue weighted by Crippen LogP contribution is 2.07. The minimum atomic E-state index is 0.250. The number of rotatable bonds is 3. The molecule has 0 aliphatic carbocycles. The van der Waals surface area contributed by atoms with Gasteiger partial charge in [-0.25, -0.2) is 4.98 Å². The number of nitrogens with zero attached hydrogens (tertiary/aromatic N) is 1. The fourth-order valence-corrected chi connectivity index (χ4v) is 1.16. The van der Waals surface area contributed by atoms with Crippen molar-refractivity contribution in [2.24, 2.45) is 0 Å². The van der Waals surface area contributed by atoms with Crippen LogP contribution in [0.2, 0.25) is 0 Å². The molecule has 1 aromatic carbocycles. The van der Waals surface area contributed by atoms with Gasteiger partial charge in [-0.1, -0.05) is 36.4 Å². The summed E-state index contributed by atoms with van der Waals surface area (Å²) in [5, 5.41) is 0. The van der Waals surface area contributed by atoms with Gasteiger partial charge in [0.2, 0.25) is 5.88 Å². The number of hydrogen-bond donors (Lipinski definition) is 0. The van der Waals surface area contributed by atoms with E-state index in [0.29, 0.717) is 12.5 Å². The van der Waals surface area contributed by atoms with Crippen LogP contribution in [-0.2, 0) is 16.2 Å². The van der Waals surface area contributed by atoms with Gasteiger partial charge in [-0.3, -0.25) is 0 Å². The van der Waals surface area contributed by atoms with Crippen molar-refractivity contribution in [3.8, 4) is 5.88 Å². The number of carbonyl (C=O) groups excluding carboxylic acids is 2. The van der Waals surface area contributed by atoms with Gasteiger partial charge in [0.1, 0.15) is 6.61 Å². The first kappa shape index (κ1) is 12.6. The topological polar surface area (TPSA) is 56.3 Å². The summed E-state index contributed by atoms with van der Waals surface area (Å²) in [6.45, 7) is 0.567. The zero-order valence-corrected chi connectivity index (χ0v) is 9.08. The normalized spacial score (nSPS) is 8.47. The summed E-state index contributed by atoms with van der Waals surface area (Å²) in [5.41, 5.74) is 1.15. The molecule has 0 aliphatic rings. The van der Waals surface area contributed by atoms with Crippen molar-refractivity contribution in [3.05, 3.63) is 60.3 Å². The van der Waals surface area contributed by atoms with Gasteiger partial charge in [0, 0.05) is 12.3 Å². The van der Waals surface area contributed by atoms with Crippen LogP contribution in [-0.4, -0.2) is 11.1 Å². The molecule has 4 nitrogen and oxygen atoms in total. The standard InChI is InChI=1S/C12H11NO.CO2/c1-2-6-11(7-3-1)10-14-12-8-4-5-9-13-12;2-1-3/h1-9H,10H2;. The van der Waals surface area contributed by atoms with Gasteiger partial charge in [-0.15, -0.1) is 0 Å². The van der Waals surface area contributed by atoms with E-state index in [2.05, 4.69) is 4.98 Å². The molecule has 0 saturated heterocycles. The van der Waals surface area contributed by atoms with Crippen molar-refractivity contribution in [2.75, 3.05) is 0 Å². The molecule has 2 rings (SSSR count). The Morgan fingerprint density at radius 2 is 1.65 bits per heavy atom. The van der Waals surface area contributed by atoms with E-state index >= 15 is 0 Å². The summed E-state index contributed by atoms with van der Waals surface area (Å²) in [5.74, 6) is 0.663. The van der Waals surface area contributed by atoms with Crippen LogP contribution in [0.1, 0.15) is 5.56 Å². The first-order chi connectivity index (χ1) is 8.36. The second-order valence-corrected chi connectivity index (χ2v) is 3.03. The van der Waals surface area contributed by atoms with Crippen LogP contribution >= 0.6 is 0 Å². The molecule has 0 aliphatic heterocycles. The van der Waals surface area contributed by atoms with E-state index in [4.69, 9.17) is 14.3 Å². The molecule has 17 heavy (non-hydrogen) atoms. The van der Waals surface area contributed by atoms with E-state index in [9.17, 15) is 0 Å². The Kier molecular flexibility index (Phi) is 5.78. The second-order valence-electron chi connectivity index (χ2n) is 3.03. The van der Waals surface area contributed by atoms with Gasteiger partial charge < -0.3 is 4.74 Å². The van der Waals surface area contributed by atoms with Crippen LogP contribution in [0.25, 0.3) is 0 Å². The van der Waals surface area contributed by atoms with Gasteiger partial charge in [-0.2, -0.15) is 9.59 Å². The maximum absolute atomic E-state index is 8.12. The lowest BCUT2D eigenvalue weighted by atomic mass is 10.2. The molecule has 1 aromatic heterocycles. The molecule has 86 valence electrons. The maximum atomic E-state index is 8.12. The molecule has 0 N–H and O–H groups in total. The van der Waals surface area contributed by atoms with E-state index in [-0.39, 0.29) is 6.15 Å². The molecule has 0 saturated carbocycles. The summed E-state index contributed by atoms with van der Waals surface area (Å²) in [6, 6.07) is 15.7. The molecule has 0 atom stereocenters. The Labute approximate surface area is 98.9 Å². The third-order valence-corrected chi connectivity index (χ3v) is 1.87. The van der Waals surface area contributed by atoms with Crippen LogP contribution in [0, 0.1) is 0 Å². The SMILES string of the molecule is O=C=O.c1ccc(COc2ccccn2)cc1. The third kappa shape index (κ3) is 5.25. The van der Waals surface area contributed by atoms with Crippen LogP contribution in [0.15, 0.2) is 54.7 Å². The molecule has 0 fully saturated rings. The summed E-state index contributed by atoms with van der Waals surface area (Å²) >= 11 is 0. The molecular formula is C13H11NO3. The van der Waals surface area contributed by atoms with Crippen LogP contribution in [0.4, 0.5) is 0 Å². The van der Waals surface area contributed by atoms with Gasteiger partial charge in [-0.05, 0) is 11.6 Å². The Hall–Kier alpha value is -2.45. The van der Waals surface area contributed by atoms with E-state index in [1.807, 2.05) is 48.5 Å². The average molecular weight is 229 g/mol. The Morgan fingerprint density at radius 3 is 2.24 bits per heavy atom. The molecule has 0 radical (unpaired) electrons. The van der Waals surface area contributed by atoms with Crippen LogP contribution in [0.5, 0.6) is 5.88 Å².